The molecule has 0 aromatic heterocycles. The average molecular weight is 297 g/mol. The number of carbonyl (C=O) groups is 1. The minimum atomic E-state index is -0.537. The van der Waals surface area contributed by atoms with Crippen molar-refractivity contribution in [1.29, 1.82) is 0 Å². The van der Waals surface area contributed by atoms with Crippen LogP contribution in [0.25, 0.3) is 0 Å². The van der Waals surface area contributed by atoms with Gasteiger partial charge in [0.25, 0.3) is 5.91 Å². The number of hydrogen-bond acceptors (Lipinski definition) is 2. The van der Waals surface area contributed by atoms with Crippen LogP contribution < -0.4 is 5.48 Å². The van der Waals surface area contributed by atoms with Crippen LogP contribution in [0, 0.1) is 3.57 Å². The Morgan fingerprint density at radius 1 is 1.58 bits per heavy atom. The first-order valence-corrected chi connectivity index (χ1v) is 4.50. The van der Waals surface area contributed by atoms with E-state index in [-0.39, 0.29) is 0 Å². The van der Waals surface area contributed by atoms with Gasteiger partial charge in [-0.25, -0.2) is 5.48 Å². The minimum Gasteiger partial charge on any atom is -0.288 e. The first-order valence-electron chi connectivity index (χ1n) is 3.04. The van der Waals surface area contributed by atoms with E-state index < -0.39 is 5.91 Å². The first kappa shape index (κ1) is 9.76. The summed E-state index contributed by atoms with van der Waals surface area (Å²) in [6.45, 7) is 0. The fraction of sp³-hybridized carbons (Fsp3) is 0. The summed E-state index contributed by atoms with van der Waals surface area (Å²) < 4.78 is 0.773. The number of amides is 1. The third-order valence-electron chi connectivity index (χ3n) is 1.28. The van der Waals surface area contributed by atoms with Gasteiger partial charge in [-0.15, -0.1) is 0 Å². The van der Waals surface area contributed by atoms with Gasteiger partial charge in [0.15, 0.2) is 0 Å². The van der Waals surface area contributed by atoms with Gasteiger partial charge in [0.1, 0.15) is 0 Å². The van der Waals surface area contributed by atoms with Crippen molar-refractivity contribution in [2.24, 2.45) is 0 Å². The largest absolute Gasteiger partial charge is 0.288 e. The van der Waals surface area contributed by atoms with Crippen LogP contribution in [0.3, 0.4) is 0 Å². The molecule has 12 heavy (non-hydrogen) atoms. The Hall–Kier alpha value is -0.330. The Balaban J connectivity index is 3.05. The van der Waals surface area contributed by atoms with Gasteiger partial charge in [-0.3, -0.25) is 10.0 Å². The standard InChI is InChI=1S/C7H5ClINO2/c8-5-2-1-4(3-6(5)9)7(11)10-12/h1-3,12H,(H,10,11). The van der Waals surface area contributed by atoms with Crippen molar-refractivity contribution in [1.82, 2.24) is 5.48 Å². The number of halogens is 2. The molecule has 0 aliphatic carbocycles. The minimum absolute atomic E-state index is 0.381. The van der Waals surface area contributed by atoms with E-state index in [2.05, 4.69) is 0 Å². The molecule has 3 nitrogen and oxygen atoms in total. The van der Waals surface area contributed by atoms with E-state index in [1.807, 2.05) is 22.6 Å². The molecule has 64 valence electrons. The second kappa shape index (κ2) is 4.06. The van der Waals surface area contributed by atoms with Gasteiger partial charge >= 0.3 is 0 Å². The van der Waals surface area contributed by atoms with E-state index in [4.69, 9.17) is 16.8 Å². The summed E-state index contributed by atoms with van der Waals surface area (Å²) in [5.41, 5.74) is 1.92. The number of benzene rings is 1. The molecule has 2 N–H and O–H groups in total. The monoisotopic (exact) mass is 297 g/mol. The molecule has 1 aromatic carbocycles. The van der Waals surface area contributed by atoms with E-state index in [1.165, 1.54) is 6.07 Å². The van der Waals surface area contributed by atoms with Gasteiger partial charge in [0.05, 0.1) is 5.02 Å². The Morgan fingerprint density at radius 3 is 2.75 bits per heavy atom. The van der Waals surface area contributed by atoms with Gasteiger partial charge in [-0.05, 0) is 40.8 Å². The molecule has 0 radical (unpaired) electrons. The molecule has 1 aromatic rings. The number of rotatable bonds is 1. The molecule has 0 unspecified atom stereocenters. The zero-order chi connectivity index (χ0) is 9.14. The molecule has 0 aliphatic rings. The summed E-state index contributed by atoms with van der Waals surface area (Å²) in [4.78, 5) is 10.9. The van der Waals surface area contributed by atoms with E-state index in [0.717, 1.165) is 3.57 Å². The van der Waals surface area contributed by atoms with Crippen molar-refractivity contribution < 1.29 is 10.0 Å². The molecule has 0 heterocycles. The number of nitrogens with one attached hydrogen (secondary N) is 1. The first-order chi connectivity index (χ1) is 5.65. The molecule has 0 bridgehead atoms. The third kappa shape index (κ3) is 2.09. The number of hydroxylamine groups is 1. The van der Waals surface area contributed by atoms with Crippen LogP contribution in [-0.4, -0.2) is 11.1 Å². The predicted octanol–water partition coefficient (Wildman–Crippen LogP) is 2.06. The summed E-state index contributed by atoms with van der Waals surface area (Å²) in [6, 6.07) is 4.73. The molecule has 0 saturated heterocycles. The lowest BCUT2D eigenvalue weighted by molar-refractivity contribution is 0.0706. The fourth-order valence-electron chi connectivity index (χ4n) is 0.702. The molecular weight excluding hydrogens is 292 g/mol. The summed E-state index contributed by atoms with van der Waals surface area (Å²) in [7, 11) is 0. The second-order valence-corrected chi connectivity index (χ2v) is 3.64. The highest BCUT2D eigenvalue weighted by molar-refractivity contribution is 14.1. The van der Waals surface area contributed by atoms with E-state index in [1.54, 1.807) is 17.6 Å². The van der Waals surface area contributed by atoms with Crippen molar-refractivity contribution in [3.63, 3.8) is 0 Å². The molecule has 0 saturated carbocycles. The van der Waals surface area contributed by atoms with Crippen LogP contribution in [0.2, 0.25) is 5.02 Å². The molecule has 0 fully saturated rings. The fourth-order valence-corrected chi connectivity index (χ4v) is 1.33. The van der Waals surface area contributed by atoms with Gasteiger partial charge in [0, 0.05) is 9.13 Å². The molecule has 5 heteroatoms. The topological polar surface area (TPSA) is 49.3 Å². The van der Waals surface area contributed by atoms with Gasteiger partial charge in [-0.1, -0.05) is 11.6 Å². The average Bonchev–Trinajstić information content (AvgIpc) is 2.08. The zero-order valence-electron chi connectivity index (χ0n) is 5.84. The predicted molar refractivity (Wildman–Crippen MR) is 53.4 cm³/mol. The van der Waals surface area contributed by atoms with Crippen LogP contribution in [0.4, 0.5) is 0 Å². The van der Waals surface area contributed by atoms with E-state index >= 15 is 0 Å². The van der Waals surface area contributed by atoms with Gasteiger partial charge in [0.2, 0.25) is 0 Å². The van der Waals surface area contributed by atoms with Crippen LogP contribution in [-0.2, 0) is 0 Å². The summed E-state index contributed by atoms with van der Waals surface area (Å²) in [6.07, 6.45) is 0. The van der Waals surface area contributed by atoms with Crippen molar-refractivity contribution >= 4 is 40.1 Å². The summed E-state index contributed by atoms with van der Waals surface area (Å²) in [5, 5.41) is 8.90. The summed E-state index contributed by atoms with van der Waals surface area (Å²) >= 11 is 7.73. The Bertz CT molecular complexity index is 316. The normalized spacial score (nSPS) is 9.58. The maximum absolute atomic E-state index is 10.9. The van der Waals surface area contributed by atoms with E-state index in [0.29, 0.717) is 10.6 Å². The van der Waals surface area contributed by atoms with Crippen molar-refractivity contribution in [3.05, 3.63) is 32.4 Å². The lowest BCUT2D eigenvalue weighted by Gasteiger charge is -2.00. The maximum atomic E-state index is 10.9. The molecule has 1 rings (SSSR count). The lowest BCUT2D eigenvalue weighted by atomic mass is 10.2. The van der Waals surface area contributed by atoms with Crippen LogP contribution in [0.5, 0.6) is 0 Å². The Morgan fingerprint density at radius 2 is 2.25 bits per heavy atom. The Kier molecular flexibility index (Phi) is 3.30. The van der Waals surface area contributed by atoms with Gasteiger partial charge < -0.3 is 0 Å². The maximum Gasteiger partial charge on any atom is 0.274 e. The van der Waals surface area contributed by atoms with Crippen LogP contribution in [0.1, 0.15) is 10.4 Å². The second-order valence-electron chi connectivity index (χ2n) is 2.07. The van der Waals surface area contributed by atoms with Crippen molar-refractivity contribution in [3.8, 4) is 0 Å². The quantitative estimate of drug-likeness (QED) is 0.473. The van der Waals surface area contributed by atoms with Crippen LogP contribution >= 0.6 is 34.2 Å². The van der Waals surface area contributed by atoms with Gasteiger partial charge in [-0.2, -0.15) is 0 Å². The van der Waals surface area contributed by atoms with Crippen LogP contribution in [0.15, 0.2) is 18.2 Å². The number of hydrogen-bond donors (Lipinski definition) is 2. The number of carbonyl (C=O) groups excluding carboxylic acids is 1. The summed E-state index contributed by atoms with van der Waals surface area (Å²) in [5.74, 6) is -0.537. The Labute approximate surface area is 87.8 Å². The zero-order valence-corrected chi connectivity index (χ0v) is 8.76. The molecular formula is C7H5ClINO2. The third-order valence-corrected chi connectivity index (χ3v) is 2.82. The highest BCUT2D eigenvalue weighted by Crippen LogP contribution is 2.19. The SMILES string of the molecule is O=C(NO)c1ccc(Cl)c(I)c1. The van der Waals surface area contributed by atoms with Crippen molar-refractivity contribution in [2.75, 3.05) is 0 Å². The molecule has 0 aliphatic heterocycles. The lowest BCUT2D eigenvalue weighted by Crippen LogP contribution is -2.18. The van der Waals surface area contributed by atoms with E-state index in [9.17, 15) is 4.79 Å². The van der Waals surface area contributed by atoms with Crippen molar-refractivity contribution in [2.45, 2.75) is 0 Å². The highest BCUT2D eigenvalue weighted by Gasteiger charge is 2.05. The molecule has 0 atom stereocenters. The highest BCUT2D eigenvalue weighted by atomic mass is 127. The smallest absolute Gasteiger partial charge is 0.274 e. The molecule has 0 spiro atoms. The molecule has 1 amide bonds.